The van der Waals surface area contributed by atoms with Gasteiger partial charge in [0.05, 0.1) is 32.5 Å². The number of Topliss-reactive ketones (excluding diaryl/α,β-unsaturated/α-hetero) is 1. The summed E-state index contributed by atoms with van der Waals surface area (Å²) >= 11 is 51.9. The van der Waals surface area contributed by atoms with Crippen molar-refractivity contribution in [1.29, 1.82) is 0 Å². The molecule has 0 aromatic carbocycles. The molecule has 22 heteroatoms. The van der Waals surface area contributed by atoms with E-state index in [2.05, 4.69) is 10.1 Å². The molecule has 0 aromatic rings. The van der Waals surface area contributed by atoms with E-state index in [0.717, 1.165) is 32.1 Å². The molecule has 2 saturated heterocycles. The number of rotatable bonds is 21. The van der Waals surface area contributed by atoms with Gasteiger partial charge in [-0.2, -0.15) is 0 Å². The zero-order valence-electron chi connectivity index (χ0n) is 31.5. The molecule has 2 fully saturated rings. The molecule has 326 valence electrons. The van der Waals surface area contributed by atoms with Gasteiger partial charge in [0.1, 0.15) is 18.3 Å². The number of hydrogen-bond acceptors (Lipinski definition) is 12. The Balaban J connectivity index is 2.11. The maximum atomic E-state index is 12.9. The summed E-state index contributed by atoms with van der Waals surface area (Å²) in [6.07, 6.45) is 1.46. The summed E-state index contributed by atoms with van der Waals surface area (Å²) < 4.78 is 25.7. The molecular formula is C35H46Cl9NO12. The highest BCUT2D eigenvalue weighted by atomic mass is 35.6. The molecule has 2 rings (SSSR count). The van der Waals surface area contributed by atoms with Gasteiger partial charge >= 0.3 is 23.9 Å². The Kier molecular flexibility index (Phi) is 22.1. The molecule has 0 unspecified atom stereocenters. The van der Waals surface area contributed by atoms with Gasteiger partial charge in [-0.15, -0.1) is 0 Å². The first kappa shape index (κ1) is 52.4. The van der Waals surface area contributed by atoms with Crippen LogP contribution in [0.4, 0.5) is 0 Å². The van der Waals surface area contributed by atoms with Crippen LogP contribution in [0, 0.1) is 11.8 Å². The monoisotopic (exact) mass is 987 g/mol. The first-order valence-electron chi connectivity index (χ1n) is 18.0. The number of carbonyl (C=O) groups excluding carboxylic acids is 6. The molecule has 57 heavy (non-hydrogen) atoms. The molecule has 13 nitrogen and oxygen atoms in total. The van der Waals surface area contributed by atoms with Crippen LogP contribution in [0.1, 0.15) is 85.0 Å². The Morgan fingerprint density at radius 2 is 1.28 bits per heavy atom. The van der Waals surface area contributed by atoms with Crippen LogP contribution >= 0.6 is 104 Å². The molecule has 2 aliphatic rings. The molecule has 0 aliphatic carbocycles. The molecule has 0 radical (unpaired) electrons. The number of epoxide rings is 1. The van der Waals surface area contributed by atoms with E-state index in [0.29, 0.717) is 24.8 Å². The highest BCUT2D eigenvalue weighted by Gasteiger charge is 2.54. The fraction of sp³-hybridized carbons (Fsp3) is 0.771. The van der Waals surface area contributed by atoms with Crippen LogP contribution < -0.4 is 5.32 Å². The maximum Gasteiger partial charge on any atom is 0.359 e. The van der Waals surface area contributed by atoms with Crippen molar-refractivity contribution < 1.29 is 57.2 Å². The summed E-state index contributed by atoms with van der Waals surface area (Å²) in [4.78, 5) is 74.2. The fourth-order valence-electron chi connectivity index (χ4n) is 6.02. The van der Waals surface area contributed by atoms with Crippen molar-refractivity contribution in [2.75, 3.05) is 20.3 Å². The van der Waals surface area contributed by atoms with E-state index in [1.807, 2.05) is 0 Å². The molecule has 1 N–H and O–H groups in total. The number of amides is 1. The lowest BCUT2D eigenvalue weighted by Crippen LogP contribution is -2.55. The van der Waals surface area contributed by atoms with Crippen LogP contribution in [0.5, 0.6) is 0 Å². The number of carbonyl (C=O) groups is 6. The van der Waals surface area contributed by atoms with Crippen molar-refractivity contribution >= 4 is 140 Å². The summed E-state index contributed by atoms with van der Waals surface area (Å²) in [6.45, 7) is 4.67. The topological polar surface area (TPSA) is 173 Å². The normalized spacial score (nSPS) is 23.8. The molecule has 0 saturated carbocycles. The van der Waals surface area contributed by atoms with Crippen molar-refractivity contribution in [3.8, 4) is 0 Å². The molecule has 0 spiro atoms. The number of hydrogen-bond donors (Lipinski definition) is 1. The van der Waals surface area contributed by atoms with Gasteiger partial charge in [-0.3, -0.25) is 14.4 Å². The third-order valence-electron chi connectivity index (χ3n) is 9.24. The number of ether oxygens (including phenoxy) is 6. The maximum absolute atomic E-state index is 12.9. The molecule has 2 aliphatic heterocycles. The zero-order valence-corrected chi connectivity index (χ0v) is 38.3. The third kappa shape index (κ3) is 19.3. The molecule has 0 bridgehead atoms. The lowest BCUT2D eigenvalue weighted by Gasteiger charge is -2.42. The minimum atomic E-state index is -2.55. The number of ketones is 1. The van der Waals surface area contributed by atoms with Crippen molar-refractivity contribution in [2.24, 2.45) is 11.8 Å². The smallest absolute Gasteiger partial charge is 0.359 e. The van der Waals surface area contributed by atoms with Crippen molar-refractivity contribution in [2.45, 2.75) is 133 Å². The number of alkyl halides is 9. The summed E-state index contributed by atoms with van der Waals surface area (Å²) in [5.41, 5.74) is 0.426. The number of esters is 4. The van der Waals surface area contributed by atoms with E-state index >= 15 is 0 Å². The van der Waals surface area contributed by atoms with E-state index in [4.69, 9.17) is 128 Å². The number of halogens is 9. The summed E-state index contributed by atoms with van der Waals surface area (Å²) in [5, 5.41) is 2.56. The molecule has 1 amide bonds. The SMILES string of the molecule is COC(=O)CCCCCCCCC(=O)CNC(=O)/C=C(\C)C[C@@H]1OC[C@H](C[C@@H]2O[C@H]2[C@@H](C)[C@H](C)OC(=O)C(Cl)(Cl)Cl)[C@@H](OC(=O)C(Cl)(Cl)Cl)[C@H]1OC(=O)C(Cl)(Cl)Cl. The van der Waals surface area contributed by atoms with Gasteiger partial charge in [-0.1, -0.05) is 143 Å². The van der Waals surface area contributed by atoms with Crippen molar-refractivity contribution in [1.82, 2.24) is 5.32 Å². The van der Waals surface area contributed by atoms with Gasteiger partial charge in [0.2, 0.25) is 5.91 Å². The Morgan fingerprint density at radius 1 is 0.754 bits per heavy atom. The fourth-order valence-corrected chi connectivity index (χ4v) is 6.42. The Bertz CT molecular complexity index is 1430. The standard InChI is InChI=1S/C35H46Cl9NO12/c1-18(14-25(47)45-16-22(46)11-9-7-5-6-8-10-12-26(48)52-4)13-23-29(57-32(51)35(42,43)44)28(56-31(50)34(39,40)41)21(17-53-23)15-24-27(55-24)19(2)20(3)54-30(49)33(36,37)38/h14,19-21,23-24,27-29H,5-13,15-17H2,1-4H3,(H,45,47)/b18-14+/t19-,20-,21-,23-,24-,27-,28+,29-/m0/s1. The predicted molar refractivity (Wildman–Crippen MR) is 217 cm³/mol. The lowest BCUT2D eigenvalue weighted by atomic mass is 9.85. The summed E-state index contributed by atoms with van der Waals surface area (Å²) in [6, 6.07) is 0. The number of unbranched alkanes of at least 4 members (excludes halogenated alkanes) is 5. The molecule has 2 heterocycles. The third-order valence-corrected chi connectivity index (χ3v) is 10.6. The highest BCUT2D eigenvalue weighted by molar-refractivity contribution is 6.76. The molecule has 0 aromatic heterocycles. The van der Waals surface area contributed by atoms with E-state index in [9.17, 15) is 28.8 Å². The quantitative estimate of drug-likeness (QED) is 0.0294. The van der Waals surface area contributed by atoms with Crippen molar-refractivity contribution in [3.05, 3.63) is 11.6 Å². The number of nitrogens with one attached hydrogen (secondary N) is 1. The van der Waals surface area contributed by atoms with E-state index < -0.39 is 77.7 Å². The Hall–Kier alpha value is -0.710. The minimum Gasteiger partial charge on any atom is -0.469 e. The zero-order chi connectivity index (χ0) is 43.3. The summed E-state index contributed by atoms with van der Waals surface area (Å²) in [5.74, 6) is -5.76. The van der Waals surface area contributed by atoms with Gasteiger partial charge in [-0.05, 0) is 39.5 Å². The van der Waals surface area contributed by atoms with Crippen LogP contribution in [-0.2, 0) is 57.2 Å². The van der Waals surface area contributed by atoms with Crippen LogP contribution in [0.2, 0.25) is 0 Å². The second kappa shape index (κ2) is 24.1. The van der Waals surface area contributed by atoms with Crippen molar-refractivity contribution in [3.63, 3.8) is 0 Å². The first-order chi connectivity index (χ1) is 26.3. The van der Waals surface area contributed by atoms with Gasteiger partial charge in [0.25, 0.3) is 11.4 Å². The highest BCUT2D eigenvalue weighted by Crippen LogP contribution is 2.42. The Labute approximate surface area is 376 Å². The second-order valence-electron chi connectivity index (χ2n) is 13.9. The van der Waals surface area contributed by atoms with Gasteiger partial charge in [-0.25, -0.2) is 14.4 Å². The van der Waals surface area contributed by atoms with Gasteiger partial charge in [0, 0.05) is 30.8 Å². The first-order valence-corrected chi connectivity index (χ1v) is 21.4. The van der Waals surface area contributed by atoms with Gasteiger partial charge < -0.3 is 33.7 Å². The second-order valence-corrected chi connectivity index (χ2v) is 20.7. The summed E-state index contributed by atoms with van der Waals surface area (Å²) in [7, 11) is 1.36. The van der Waals surface area contributed by atoms with Crippen LogP contribution in [0.3, 0.4) is 0 Å². The van der Waals surface area contributed by atoms with Crippen LogP contribution in [0.25, 0.3) is 0 Å². The predicted octanol–water partition coefficient (Wildman–Crippen LogP) is 7.98. The van der Waals surface area contributed by atoms with Crippen LogP contribution in [0.15, 0.2) is 11.6 Å². The molecule has 8 atom stereocenters. The largest absolute Gasteiger partial charge is 0.469 e. The number of methoxy groups -OCH3 is 1. The molecular weight excluding hydrogens is 945 g/mol. The average Bonchev–Trinajstić information content (AvgIpc) is 3.87. The Morgan fingerprint density at radius 3 is 1.82 bits per heavy atom. The van der Waals surface area contributed by atoms with Crippen LogP contribution in [-0.4, -0.2) is 104 Å². The van der Waals surface area contributed by atoms with E-state index in [1.165, 1.54) is 13.2 Å². The average molecular weight is 992 g/mol. The minimum absolute atomic E-state index is 0.0565. The van der Waals surface area contributed by atoms with Gasteiger partial charge in [0.15, 0.2) is 11.9 Å². The lowest BCUT2D eigenvalue weighted by molar-refractivity contribution is -0.208. The van der Waals surface area contributed by atoms with E-state index in [1.54, 1.807) is 20.8 Å². The van der Waals surface area contributed by atoms with E-state index in [-0.39, 0.29) is 43.7 Å².